The molecule has 1 aliphatic rings. The number of rotatable bonds is 8. The lowest BCUT2D eigenvalue weighted by Gasteiger charge is -2.31. The quantitative estimate of drug-likeness (QED) is 0.492. The number of aryl methyl sites for hydroxylation is 1. The number of nitrogens with one attached hydrogen (secondary N) is 1. The number of hydrogen-bond acceptors (Lipinski definition) is 3. The molecule has 1 N–H and O–H groups in total. The molecule has 178 valence electrons. The number of fused-ring (bicyclic) bond motifs is 1. The summed E-state index contributed by atoms with van der Waals surface area (Å²) in [5.41, 5.74) is 2.12. The van der Waals surface area contributed by atoms with E-state index in [1.807, 2.05) is 80.6 Å². The van der Waals surface area contributed by atoms with Gasteiger partial charge in [-0.1, -0.05) is 79.9 Å². The molecule has 0 aromatic heterocycles. The number of benzene rings is 3. The van der Waals surface area contributed by atoms with Gasteiger partial charge in [0.05, 0.1) is 0 Å². The van der Waals surface area contributed by atoms with Crippen LogP contribution in [0.25, 0.3) is 10.8 Å². The Balaban J connectivity index is 1.50. The number of carbonyl (C=O) groups is 2. The third kappa shape index (κ3) is 5.77. The van der Waals surface area contributed by atoms with Crippen molar-refractivity contribution in [1.82, 2.24) is 10.2 Å². The molecule has 1 atom stereocenters. The van der Waals surface area contributed by atoms with Crippen LogP contribution in [0.15, 0.2) is 66.7 Å². The third-order valence-corrected chi connectivity index (χ3v) is 6.82. The van der Waals surface area contributed by atoms with Gasteiger partial charge in [-0.3, -0.25) is 9.59 Å². The van der Waals surface area contributed by atoms with E-state index in [1.54, 1.807) is 4.90 Å². The van der Waals surface area contributed by atoms with Crippen molar-refractivity contribution >= 4 is 22.6 Å². The van der Waals surface area contributed by atoms with Crippen molar-refractivity contribution in [2.24, 2.45) is 0 Å². The van der Waals surface area contributed by atoms with E-state index in [9.17, 15) is 9.59 Å². The molecule has 4 rings (SSSR count). The lowest BCUT2D eigenvalue weighted by atomic mass is 9.95. The molecule has 0 aliphatic heterocycles. The van der Waals surface area contributed by atoms with Gasteiger partial charge < -0.3 is 15.0 Å². The average Bonchev–Trinajstić information content (AvgIpc) is 2.87. The fourth-order valence-corrected chi connectivity index (χ4v) is 4.67. The molecule has 1 aliphatic carbocycles. The van der Waals surface area contributed by atoms with E-state index in [0.29, 0.717) is 12.3 Å². The minimum absolute atomic E-state index is 0.0982. The minimum Gasteiger partial charge on any atom is -0.483 e. The standard InChI is InChI=1S/C29H34N2O3/c1-21-11-6-7-13-24(21)19-31(22(2)29(33)30-25-15-4-3-5-16-25)28(32)20-34-27-18-10-14-23-12-8-9-17-26(23)27/h6-14,17-18,22,25H,3-5,15-16,19-20H2,1-2H3,(H,30,33)/t22-/m1/s1. The second-order valence-corrected chi connectivity index (χ2v) is 9.23. The molecule has 3 aromatic rings. The van der Waals surface area contributed by atoms with Crippen molar-refractivity contribution in [3.05, 3.63) is 77.9 Å². The molecule has 0 bridgehead atoms. The van der Waals surface area contributed by atoms with Crippen LogP contribution in [-0.4, -0.2) is 35.4 Å². The topological polar surface area (TPSA) is 58.6 Å². The lowest BCUT2D eigenvalue weighted by Crippen LogP contribution is -2.51. The fourth-order valence-electron chi connectivity index (χ4n) is 4.67. The highest BCUT2D eigenvalue weighted by atomic mass is 16.5. The van der Waals surface area contributed by atoms with Gasteiger partial charge in [-0.15, -0.1) is 0 Å². The molecule has 34 heavy (non-hydrogen) atoms. The zero-order chi connectivity index (χ0) is 23.9. The first kappa shape index (κ1) is 23.8. The van der Waals surface area contributed by atoms with Crippen LogP contribution in [0.4, 0.5) is 0 Å². The number of amides is 2. The summed E-state index contributed by atoms with van der Waals surface area (Å²) in [6.07, 6.45) is 5.53. The summed E-state index contributed by atoms with van der Waals surface area (Å²) >= 11 is 0. The first-order chi connectivity index (χ1) is 16.5. The van der Waals surface area contributed by atoms with Gasteiger partial charge in [-0.25, -0.2) is 0 Å². The van der Waals surface area contributed by atoms with Gasteiger partial charge in [0.25, 0.3) is 5.91 Å². The maximum Gasteiger partial charge on any atom is 0.261 e. The number of ether oxygens (including phenoxy) is 1. The summed E-state index contributed by atoms with van der Waals surface area (Å²) in [4.78, 5) is 28.2. The van der Waals surface area contributed by atoms with Gasteiger partial charge in [0.1, 0.15) is 11.8 Å². The summed E-state index contributed by atoms with van der Waals surface area (Å²) in [6.45, 7) is 4.08. The number of nitrogens with zero attached hydrogens (tertiary/aromatic N) is 1. The highest BCUT2D eigenvalue weighted by molar-refractivity contribution is 5.90. The molecule has 5 nitrogen and oxygen atoms in total. The minimum atomic E-state index is -0.592. The predicted molar refractivity (Wildman–Crippen MR) is 136 cm³/mol. The summed E-state index contributed by atoms with van der Waals surface area (Å²) in [6, 6.07) is 21.3. The Morgan fingerprint density at radius 2 is 1.68 bits per heavy atom. The molecular formula is C29H34N2O3. The highest BCUT2D eigenvalue weighted by Gasteiger charge is 2.28. The number of carbonyl (C=O) groups excluding carboxylic acids is 2. The van der Waals surface area contributed by atoms with Gasteiger partial charge in [0.2, 0.25) is 5.91 Å². The molecule has 0 radical (unpaired) electrons. The largest absolute Gasteiger partial charge is 0.483 e. The molecule has 1 saturated carbocycles. The monoisotopic (exact) mass is 458 g/mol. The van der Waals surface area contributed by atoms with Gasteiger partial charge in [-0.2, -0.15) is 0 Å². The molecule has 5 heteroatoms. The van der Waals surface area contributed by atoms with Crippen LogP contribution >= 0.6 is 0 Å². The van der Waals surface area contributed by atoms with Crippen LogP contribution in [0, 0.1) is 6.92 Å². The van der Waals surface area contributed by atoms with E-state index in [-0.39, 0.29) is 24.5 Å². The van der Waals surface area contributed by atoms with Crippen LogP contribution in [0.3, 0.4) is 0 Å². The first-order valence-electron chi connectivity index (χ1n) is 12.3. The van der Waals surface area contributed by atoms with Crippen molar-refractivity contribution in [1.29, 1.82) is 0 Å². The van der Waals surface area contributed by atoms with Crippen molar-refractivity contribution < 1.29 is 14.3 Å². The lowest BCUT2D eigenvalue weighted by molar-refractivity contribution is -0.142. The summed E-state index contributed by atoms with van der Waals surface area (Å²) in [7, 11) is 0. The van der Waals surface area contributed by atoms with Crippen LogP contribution in [0.5, 0.6) is 5.75 Å². The Bertz CT molecular complexity index is 1130. The Labute approximate surface area is 202 Å². The molecule has 0 heterocycles. The van der Waals surface area contributed by atoms with Crippen molar-refractivity contribution in [2.45, 2.75) is 64.6 Å². The van der Waals surface area contributed by atoms with E-state index >= 15 is 0 Å². The van der Waals surface area contributed by atoms with E-state index in [1.165, 1.54) is 6.42 Å². The summed E-state index contributed by atoms with van der Waals surface area (Å²) in [5.74, 6) is 0.364. The maximum atomic E-state index is 13.4. The molecule has 0 spiro atoms. The molecule has 0 unspecified atom stereocenters. The van der Waals surface area contributed by atoms with Crippen LogP contribution in [0.1, 0.15) is 50.2 Å². The molecule has 0 saturated heterocycles. The zero-order valence-corrected chi connectivity index (χ0v) is 20.1. The van der Waals surface area contributed by atoms with Gasteiger partial charge in [-0.05, 0) is 49.3 Å². The second-order valence-electron chi connectivity index (χ2n) is 9.23. The Morgan fingerprint density at radius 1 is 0.971 bits per heavy atom. The van der Waals surface area contributed by atoms with Gasteiger partial charge >= 0.3 is 0 Å². The van der Waals surface area contributed by atoms with E-state index < -0.39 is 6.04 Å². The first-order valence-corrected chi connectivity index (χ1v) is 12.3. The number of hydrogen-bond donors (Lipinski definition) is 1. The van der Waals surface area contributed by atoms with E-state index in [2.05, 4.69) is 5.32 Å². The Hall–Kier alpha value is -3.34. The average molecular weight is 459 g/mol. The molecule has 2 amide bonds. The smallest absolute Gasteiger partial charge is 0.261 e. The SMILES string of the molecule is Cc1ccccc1CN(C(=O)COc1cccc2ccccc12)[C@H](C)C(=O)NC1CCCCC1. The fraction of sp³-hybridized carbons (Fsp3) is 0.379. The Morgan fingerprint density at radius 3 is 2.47 bits per heavy atom. The highest BCUT2D eigenvalue weighted by Crippen LogP contribution is 2.25. The normalized spacial score (nSPS) is 15.0. The van der Waals surface area contributed by atoms with Crippen LogP contribution < -0.4 is 10.1 Å². The van der Waals surface area contributed by atoms with Crippen LogP contribution in [0.2, 0.25) is 0 Å². The van der Waals surface area contributed by atoms with Crippen molar-refractivity contribution in [2.75, 3.05) is 6.61 Å². The zero-order valence-electron chi connectivity index (χ0n) is 20.1. The van der Waals surface area contributed by atoms with Crippen LogP contribution in [-0.2, 0) is 16.1 Å². The predicted octanol–water partition coefficient (Wildman–Crippen LogP) is 5.39. The van der Waals surface area contributed by atoms with E-state index in [0.717, 1.165) is 47.6 Å². The third-order valence-electron chi connectivity index (χ3n) is 6.82. The molecule has 1 fully saturated rings. The van der Waals surface area contributed by atoms with Gasteiger partial charge in [0.15, 0.2) is 6.61 Å². The van der Waals surface area contributed by atoms with Gasteiger partial charge in [0, 0.05) is 18.0 Å². The van der Waals surface area contributed by atoms with Crippen molar-refractivity contribution in [3.8, 4) is 5.75 Å². The van der Waals surface area contributed by atoms with Crippen molar-refractivity contribution in [3.63, 3.8) is 0 Å². The Kier molecular flexibility index (Phi) is 7.84. The molecular weight excluding hydrogens is 424 g/mol. The van der Waals surface area contributed by atoms with E-state index in [4.69, 9.17) is 4.74 Å². The molecule has 3 aromatic carbocycles. The summed E-state index contributed by atoms with van der Waals surface area (Å²) in [5, 5.41) is 5.20. The maximum absolute atomic E-state index is 13.4. The second kappa shape index (κ2) is 11.2. The summed E-state index contributed by atoms with van der Waals surface area (Å²) < 4.78 is 5.99.